The molecule has 21 heavy (non-hydrogen) atoms. The minimum absolute atomic E-state index is 0.0588. The van der Waals surface area contributed by atoms with Crippen molar-refractivity contribution < 1.29 is 13.2 Å². The molecular weight excluding hydrogens is 279 g/mol. The minimum atomic E-state index is -4.36. The fraction of sp³-hybridized carbons (Fsp3) is 0.267. The van der Waals surface area contributed by atoms with Crippen molar-refractivity contribution in [2.45, 2.75) is 26.2 Å². The van der Waals surface area contributed by atoms with Gasteiger partial charge in [0.1, 0.15) is 0 Å². The molecule has 0 unspecified atom stereocenters. The van der Waals surface area contributed by atoms with Crippen LogP contribution in [0.25, 0.3) is 0 Å². The van der Waals surface area contributed by atoms with E-state index in [4.69, 9.17) is 0 Å². The van der Waals surface area contributed by atoms with Gasteiger partial charge in [-0.25, -0.2) is 4.98 Å². The molecule has 0 atom stereocenters. The highest BCUT2D eigenvalue weighted by Gasteiger charge is 2.32. The number of halogens is 3. The summed E-state index contributed by atoms with van der Waals surface area (Å²) in [4.78, 5) is 4.26. The number of rotatable bonds is 5. The van der Waals surface area contributed by atoms with E-state index >= 15 is 0 Å². The van der Waals surface area contributed by atoms with E-state index in [1.807, 2.05) is 13.1 Å². The Morgan fingerprint density at radius 3 is 2.71 bits per heavy atom. The van der Waals surface area contributed by atoms with E-state index in [0.717, 1.165) is 11.8 Å². The molecule has 6 heteroatoms. The maximum atomic E-state index is 12.9. The van der Waals surface area contributed by atoms with Gasteiger partial charge in [0.05, 0.1) is 11.3 Å². The molecule has 2 aromatic rings. The molecule has 0 saturated heterocycles. The van der Waals surface area contributed by atoms with E-state index in [-0.39, 0.29) is 12.1 Å². The Morgan fingerprint density at radius 1 is 1.33 bits per heavy atom. The Bertz CT molecular complexity index is 629. The van der Waals surface area contributed by atoms with Gasteiger partial charge in [-0.2, -0.15) is 13.2 Å². The third kappa shape index (κ3) is 3.65. The second-order valence-corrected chi connectivity index (χ2v) is 4.66. The highest BCUT2D eigenvalue weighted by Crippen LogP contribution is 2.32. The van der Waals surface area contributed by atoms with Crippen molar-refractivity contribution in [1.82, 2.24) is 9.55 Å². The van der Waals surface area contributed by atoms with Crippen molar-refractivity contribution in [3.8, 4) is 0 Å². The van der Waals surface area contributed by atoms with Crippen LogP contribution in [0.1, 0.15) is 16.8 Å². The van der Waals surface area contributed by atoms with E-state index in [0.29, 0.717) is 12.5 Å². The van der Waals surface area contributed by atoms with Gasteiger partial charge in [0.15, 0.2) is 0 Å². The molecule has 1 N–H and O–H groups in total. The Hall–Kier alpha value is -2.24. The number of aryl methyl sites for hydroxylation is 1. The van der Waals surface area contributed by atoms with Gasteiger partial charge in [0.2, 0.25) is 5.95 Å². The van der Waals surface area contributed by atoms with Crippen LogP contribution in [0.15, 0.2) is 43.1 Å². The zero-order valence-electron chi connectivity index (χ0n) is 11.6. The van der Waals surface area contributed by atoms with E-state index in [2.05, 4.69) is 16.9 Å². The van der Waals surface area contributed by atoms with Crippen molar-refractivity contribution in [3.05, 3.63) is 59.9 Å². The van der Waals surface area contributed by atoms with Gasteiger partial charge in [-0.3, -0.25) is 0 Å². The maximum Gasteiger partial charge on any atom is 0.416 e. The van der Waals surface area contributed by atoms with Gasteiger partial charge < -0.3 is 9.88 Å². The second kappa shape index (κ2) is 6.03. The predicted octanol–water partition coefficient (Wildman–Crippen LogP) is 4.01. The molecule has 3 nitrogen and oxygen atoms in total. The summed E-state index contributed by atoms with van der Waals surface area (Å²) in [6, 6.07) is 5.52. The molecule has 112 valence electrons. The summed E-state index contributed by atoms with van der Waals surface area (Å²) in [5.41, 5.74) is 0.357. The summed E-state index contributed by atoms with van der Waals surface area (Å²) in [6.45, 7) is 6.08. The zero-order chi connectivity index (χ0) is 15.5. The molecule has 0 aliphatic heterocycles. The fourth-order valence-corrected chi connectivity index (χ4v) is 2.09. The third-order valence-corrected chi connectivity index (χ3v) is 2.98. The Kier molecular flexibility index (Phi) is 4.35. The van der Waals surface area contributed by atoms with Crippen LogP contribution in [0.4, 0.5) is 19.1 Å². The molecule has 1 aromatic heterocycles. The largest absolute Gasteiger partial charge is 0.416 e. The normalized spacial score (nSPS) is 11.4. The smallest absolute Gasteiger partial charge is 0.352 e. The number of nitrogens with zero attached hydrogens (tertiary/aromatic N) is 2. The number of benzene rings is 1. The molecule has 0 radical (unpaired) electrons. The number of nitrogens with one attached hydrogen (secondary N) is 1. The lowest BCUT2D eigenvalue weighted by Gasteiger charge is -2.14. The average Bonchev–Trinajstić information content (AvgIpc) is 2.76. The summed E-state index contributed by atoms with van der Waals surface area (Å²) < 4.78 is 40.6. The molecule has 1 heterocycles. The lowest BCUT2D eigenvalue weighted by Crippen LogP contribution is -2.13. The van der Waals surface area contributed by atoms with Crippen LogP contribution < -0.4 is 5.32 Å². The van der Waals surface area contributed by atoms with Gasteiger partial charge in [-0.05, 0) is 18.6 Å². The van der Waals surface area contributed by atoms with Crippen LogP contribution in [-0.2, 0) is 19.3 Å². The first-order chi connectivity index (χ1) is 9.91. The van der Waals surface area contributed by atoms with Crippen LogP contribution in [0.3, 0.4) is 0 Å². The van der Waals surface area contributed by atoms with E-state index in [1.165, 1.54) is 12.1 Å². The summed E-state index contributed by atoms with van der Waals surface area (Å²) in [5.74, 6) is 0.532. The number of hydrogen-bond donors (Lipinski definition) is 1. The van der Waals surface area contributed by atoms with E-state index < -0.39 is 11.7 Å². The van der Waals surface area contributed by atoms with Crippen LogP contribution >= 0.6 is 0 Å². The minimum Gasteiger partial charge on any atom is -0.352 e. The molecule has 0 bridgehead atoms. The van der Waals surface area contributed by atoms with E-state index in [9.17, 15) is 13.2 Å². The van der Waals surface area contributed by atoms with Gasteiger partial charge in [-0.1, -0.05) is 24.3 Å². The zero-order valence-corrected chi connectivity index (χ0v) is 11.6. The number of aromatic nitrogens is 2. The Labute approximate surface area is 121 Å². The number of alkyl halides is 3. The Morgan fingerprint density at radius 2 is 2.05 bits per heavy atom. The van der Waals surface area contributed by atoms with Crippen LogP contribution in [0.5, 0.6) is 0 Å². The highest BCUT2D eigenvalue weighted by molar-refractivity contribution is 5.35. The van der Waals surface area contributed by atoms with Crippen LogP contribution in [0.2, 0.25) is 0 Å². The van der Waals surface area contributed by atoms with Crippen LogP contribution in [0, 0.1) is 6.92 Å². The van der Waals surface area contributed by atoms with Gasteiger partial charge in [0, 0.05) is 19.3 Å². The summed E-state index contributed by atoms with van der Waals surface area (Å²) in [6.07, 6.45) is -0.833. The first kappa shape index (κ1) is 15.2. The third-order valence-electron chi connectivity index (χ3n) is 2.98. The summed E-state index contributed by atoms with van der Waals surface area (Å²) in [7, 11) is 0. The lowest BCUT2D eigenvalue weighted by atomic mass is 10.1. The van der Waals surface area contributed by atoms with Crippen molar-refractivity contribution in [2.75, 3.05) is 5.32 Å². The molecule has 0 amide bonds. The van der Waals surface area contributed by atoms with Crippen molar-refractivity contribution in [1.29, 1.82) is 0 Å². The quantitative estimate of drug-likeness (QED) is 0.845. The first-order valence-electron chi connectivity index (χ1n) is 6.45. The predicted molar refractivity (Wildman–Crippen MR) is 75.9 cm³/mol. The highest BCUT2D eigenvalue weighted by atomic mass is 19.4. The number of imidazole rings is 1. The average molecular weight is 295 g/mol. The second-order valence-electron chi connectivity index (χ2n) is 4.66. The SMILES string of the molecule is C=CCn1cc(C)nc1NCc1ccccc1C(F)(F)F. The molecule has 0 saturated carbocycles. The standard InChI is InChI=1S/C15H16F3N3/c1-3-8-21-10-11(2)20-14(21)19-9-12-6-4-5-7-13(12)15(16,17)18/h3-7,10H,1,8-9H2,2H3,(H,19,20). The van der Waals surface area contributed by atoms with E-state index in [1.54, 1.807) is 16.7 Å². The molecule has 2 rings (SSSR count). The molecule has 0 spiro atoms. The maximum absolute atomic E-state index is 12.9. The van der Waals surface area contributed by atoms with Gasteiger partial charge in [0.25, 0.3) is 0 Å². The van der Waals surface area contributed by atoms with Gasteiger partial charge >= 0.3 is 6.18 Å². The summed E-state index contributed by atoms with van der Waals surface area (Å²) in [5, 5.41) is 2.95. The van der Waals surface area contributed by atoms with Gasteiger partial charge in [-0.15, -0.1) is 6.58 Å². The van der Waals surface area contributed by atoms with Crippen LogP contribution in [-0.4, -0.2) is 9.55 Å². The number of allylic oxidation sites excluding steroid dienone is 1. The Balaban J connectivity index is 2.19. The molecular formula is C15H16F3N3. The number of anilines is 1. The lowest BCUT2D eigenvalue weighted by molar-refractivity contribution is -0.138. The topological polar surface area (TPSA) is 29.9 Å². The fourth-order valence-electron chi connectivity index (χ4n) is 2.09. The first-order valence-corrected chi connectivity index (χ1v) is 6.45. The number of hydrogen-bond acceptors (Lipinski definition) is 2. The molecule has 0 aliphatic rings. The monoisotopic (exact) mass is 295 g/mol. The molecule has 1 aromatic carbocycles. The van der Waals surface area contributed by atoms with Crippen molar-refractivity contribution in [2.24, 2.45) is 0 Å². The van der Waals surface area contributed by atoms with Crippen molar-refractivity contribution >= 4 is 5.95 Å². The van der Waals surface area contributed by atoms with Crippen molar-refractivity contribution in [3.63, 3.8) is 0 Å². The molecule has 0 fully saturated rings. The molecule has 0 aliphatic carbocycles. The summed E-state index contributed by atoms with van der Waals surface area (Å²) >= 11 is 0.